The number of nitrogens with one attached hydrogen (secondary N) is 1. The molecule has 1 aliphatic rings. The van der Waals surface area contributed by atoms with Gasteiger partial charge in [0.2, 0.25) is 5.91 Å². The normalized spacial score (nSPS) is 16.2. The van der Waals surface area contributed by atoms with Gasteiger partial charge in [-0.25, -0.2) is 0 Å². The van der Waals surface area contributed by atoms with E-state index in [1.165, 1.54) is 24.8 Å². The Morgan fingerprint density at radius 3 is 2.84 bits per heavy atom. The zero-order chi connectivity index (χ0) is 13.3. The number of hydrogen-bond donors (Lipinski definition) is 1. The Hall–Kier alpha value is -1.38. The van der Waals surface area contributed by atoms with Crippen molar-refractivity contribution >= 4 is 5.91 Å². The molecule has 0 radical (unpaired) electrons. The molecule has 2 rings (SSSR count). The topological polar surface area (TPSA) is 42.0 Å². The number of hydrogen-bond acceptors (Lipinski definition) is 2. The highest BCUT2D eigenvalue weighted by Crippen LogP contribution is 2.23. The Bertz CT molecular complexity index is 372. The maximum atomic E-state index is 11.9. The summed E-state index contributed by atoms with van der Waals surface area (Å²) in [7, 11) is 0. The van der Waals surface area contributed by atoms with E-state index in [1.54, 1.807) is 6.20 Å². The van der Waals surface area contributed by atoms with E-state index in [0.717, 1.165) is 38.6 Å². The van der Waals surface area contributed by atoms with Crippen molar-refractivity contribution in [3.05, 3.63) is 30.1 Å². The quantitative estimate of drug-likeness (QED) is 0.799. The second-order valence-corrected chi connectivity index (χ2v) is 5.44. The number of amides is 1. The zero-order valence-corrected chi connectivity index (χ0v) is 11.6. The smallest absolute Gasteiger partial charge is 0.223 e. The lowest BCUT2D eigenvalue weighted by atomic mass is 9.88. The fourth-order valence-corrected chi connectivity index (χ4v) is 2.72. The predicted octanol–water partition coefficient (Wildman–Crippen LogP) is 3.10. The predicted molar refractivity (Wildman–Crippen MR) is 76.8 cm³/mol. The molecule has 0 atom stereocenters. The van der Waals surface area contributed by atoms with Crippen molar-refractivity contribution in [2.45, 2.75) is 51.4 Å². The van der Waals surface area contributed by atoms with Gasteiger partial charge in [0.1, 0.15) is 0 Å². The van der Waals surface area contributed by atoms with Crippen molar-refractivity contribution < 1.29 is 4.79 Å². The molecule has 0 spiro atoms. The van der Waals surface area contributed by atoms with Gasteiger partial charge in [-0.2, -0.15) is 0 Å². The minimum absolute atomic E-state index is 0.279. The van der Waals surface area contributed by atoms with E-state index in [-0.39, 0.29) is 11.8 Å². The molecule has 0 bridgehead atoms. The van der Waals surface area contributed by atoms with Gasteiger partial charge < -0.3 is 5.32 Å². The lowest BCUT2D eigenvalue weighted by molar-refractivity contribution is -0.125. The largest absolute Gasteiger partial charge is 0.356 e. The molecule has 1 amide bonds. The highest BCUT2D eigenvalue weighted by molar-refractivity contribution is 5.78. The number of unbranched alkanes of at least 4 members (excludes halogenated alkanes) is 1. The van der Waals surface area contributed by atoms with Crippen LogP contribution in [0.5, 0.6) is 0 Å². The molecule has 1 fully saturated rings. The fourth-order valence-electron chi connectivity index (χ4n) is 2.72. The molecule has 1 N–H and O–H groups in total. The molecular formula is C16H24N2O. The van der Waals surface area contributed by atoms with Crippen molar-refractivity contribution in [1.82, 2.24) is 10.3 Å². The number of carbonyl (C=O) groups is 1. The van der Waals surface area contributed by atoms with E-state index in [4.69, 9.17) is 0 Å². The van der Waals surface area contributed by atoms with E-state index >= 15 is 0 Å². The molecule has 1 saturated carbocycles. The first-order chi connectivity index (χ1) is 9.36. The van der Waals surface area contributed by atoms with Crippen molar-refractivity contribution in [2.75, 3.05) is 6.54 Å². The van der Waals surface area contributed by atoms with Gasteiger partial charge >= 0.3 is 0 Å². The molecule has 0 aliphatic heterocycles. The summed E-state index contributed by atoms with van der Waals surface area (Å²) in [6, 6.07) is 4.08. The first kappa shape index (κ1) is 14.0. The highest BCUT2D eigenvalue weighted by atomic mass is 16.1. The number of aryl methyl sites for hydroxylation is 1. The van der Waals surface area contributed by atoms with E-state index < -0.39 is 0 Å². The van der Waals surface area contributed by atoms with Crippen LogP contribution in [-0.2, 0) is 11.2 Å². The van der Waals surface area contributed by atoms with Crippen LogP contribution in [0.4, 0.5) is 0 Å². The van der Waals surface area contributed by atoms with Crippen molar-refractivity contribution in [1.29, 1.82) is 0 Å². The lowest BCUT2D eigenvalue weighted by Gasteiger charge is -2.20. The molecule has 3 heteroatoms. The number of nitrogens with zero attached hydrogens (tertiary/aromatic N) is 1. The van der Waals surface area contributed by atoms with Crippen LogP contribution in [0.15, 0.2) is 24.5 Å². The Labute approximate surface area is 115 Å². The maximum absolute atomic E-state index is 11.9. The zero-order valence-electron chi connectivity index (χ0n) is 11.6. The summed E-state index contributed by atoms with van der Waals surface area (Å²) < 4.78 is 0. The average Bonchev–Trinajstić information content (AvgIpc) is 2.49. The van der Waals surface area contributed by atoms with Gasteiger partial charge in [-0.3, -0.25) is 9.78 Å². The van der Waals surface area contributed by atoms with E-state index in [0.29, 0.717) is 0 Å². The van der Waals surface area contributed by atoms with Gasteiger partial charge in [-0.05, 0) is 43.7 Å². The van der Waals surface area contributed by atoms with Crippen LogP contribution in [0, 0.1) is 5.92 Å². The molecule has 0 unspecified atom stereocenters. The highest BCUT2D eigenvalue weighted by Gasteiger charge is 2.20. The third kappa shape index (κ3) is 5.01. The molecule has 19 heavy (non-hydrogen) atoms. The van der Waals surface area contributed by atoms with Crippen LogP contribution in [0.1, 0.15) is 50.5 Å². The van der Waals surface area contributed by atoms with Gasteiger partial charge in [-0.1, -0.05) is 25.3 Å². The molecule has 104 valence electrons. The van der Waals surface area contributed by atoms with E-state index in [1.807, 2.05) is 12.3 Å². The molecule has 1 aliphatic carbocycles. The third-order valence-corrected chi connectivity index (χ3v) is 3.89. The first-order valence-electron chi connectivity index (χ1n) is 7.53. The SMILES string of the molecule is O=C(NCCCCc1cccnc1)C1CCCCC1. The Morgan fingerprint density at radius 2 is 2.11 bits per heavy atom. The van der Waals surface area contributed by atoms with Crippen LogP contribution in [0.2, 0.25) is 0 Å². The summed E-state index contributed by atoms with van der Waals surface area (Å²) in [5.74, 6) is 0.563. The van der Waals surface area contributed by atoms with Gasteiger partial charge in [0.25, 0.3) is 0 Å². The summed E-state index contributed by atoms with van der Waals surface area (Å²) in [6.07, 6.45) is 12.8. The van der Waals surface area contributed by atoms with Gasteiger partial charge in [0, 0.05) is 24.9 Å². The van der Waals surface area contributed by atoms with Crippen LogP contribution in [-0.4, -0.2) is 17.4 Å². The number of rotatable bonds is 6. The summed E-state index contributed by atoms with van der Waals surface area (Å²) in [6.45, 7) is 0.815. The van der Waals surface area contributed by atoms with E-state index in [9.17, 15) is 4.79 Å². The van der Waals surface area contributed by atoms with E-state index in [2.05, 4.69) is 16.4 Å². The number of carbonyl (C=O) groups excluding carboxylic acids is 1. The fraction of sp³-hybridized carbons (Fsp3) is 0.625. The molecule has 1 aromatic heterocycles. The summed E-state index contributed by atoms with van der Waals surface area (Å²) in [5, 5.41) is 3.08. The van der Waals surface area contributed by atoms with Crippen LogP contribution in [0.3, 0.4) is 0 Å². The maximum Gasteiger partial charge on any atom is 0.223 e. The first-order valence-corrected chi connectivity index (χ1v) is 7.53. The lowest BCUT2D eigenvalue weighted by Crippen LogP contribution is -2.32. The number of aromatic nitrogens is 1. The molecule has 0 saturated heterocycles. The van der Waals surface area contributed by atoms with Gasteiger partial charge in [0.15, 0.2) is 0 Å². The molecular weight excluding hydrogens is 236 g/mol. The van der Waals surface area contributed by atoms with Crippen molar-refractivity contribution in [3.63, 3.8) is 0 Å². The minimum atomic E-state index is 0.279. The third-order valence-electron chi connectivity index (χ3n) is 3.89. The van der Waals surface area contributed by atoms with Crippen molar-refractivity contribution in [2.24, 2.45) is 5.92 Å². The Kier molecular flexibility index (Phi) is 5.86. The van der Waals surface area contributed by atoms with Gasteiger partial charge in [-0.15, -0.1) is 0 Å². The van der Waals surface area contributed by atoms with Crippen molar-refractivity contribution in [3.8, 4) is 0 Å². The monoisotopic (exact) mass is 260 g/mol. The molecule has 3 nitrogen and oxygen atoms in total. The van der Waals surface area contributed by atoms with Crippen LogP contribution in [0.25, 0.3) is 0 Å². The standard InChI is InChI=1S/C16H24N2O/c19-16(15-9-2-1-3-10-15)18-12-5-4-7-14-8-6-11-17-13-14/h6,8,11,13,15H,1-5,7,9-10,12H2,(H,18,19). The van der Waals surface area contributed by atoms with Crippen LogP contribution < -0.4 is 5.32 Å². The average molecular weight is 260 g/mol. The molecule has 1 heterocycles. The Morgan fingerprint density at radius 1 is 1.26 bits per heavy atom. The summed E-state index contributed by atoms with van der Waals surface area (Å²) >= 11 is 0. The summed E-state index contributed by atoms with van der Waals surface area (Å²) in [4.78, 5) is 16.0. The second kappa shape index (κ2) is 7.93. The minimum Gasteiger partial charge on any atom is -0.356 e. The second-order valence-electron chi connectivity index (χ2n) is 5.44. The number of pyridine rings is 1. The summed E-state index contributed by atoms with van der Waals surface area (Å²) in [5.41, 5.74) is 1.28. The van der Waals surface area contributed by atoms with Gasteiger partial charge in [0.05, 0.1) is 0 Å². The Balaban J connectivity index is 1.55. The molecule has 0 aromatic carbocycles. The van der Waals surface area contributed by atoms with Crippen LogP contribution >= 0.6 is 0 Å². The molecule has 1 aromatic rings.